The Balaban J connectivity index is 1.80. The summed E-state index contributed by atoms with van der Waals surface area (Å²) in [7, 11) is 0. The van der Waals surface area contributed by atoms with Crippen LogP contribution in [0.2, 0.25) is 0 Å². The van der Waals surface area contributed by atoms with E-state index in [-0.39, 0.29) is 13.0 Å². The fourth-order valence-electron chi connectivity index (χ4n) is 3.26. The molecular weight excluding hydrogens is 268 g/mol. The van der Waals surface area contributed by atoms with Crippen LogP contribution in [0, 0.1) is 11.3 Å². The maximum Gasteiger partial charge on any atom is 0.309 e. The Kier molecular flexibility index (Phi) is 5.37. The molecule has 3 atom stereocenters. The lowest BCUT2D eigenvalue weighted by molar-refractivity contribution is -0.151. The molecule has 1 aliphatic rings. The molecule has 0 aliphatic heterocycles. The van der Waals surface area contributed by atoms with Crippen molar-refractivity contribution in [2.45, 2.75) is 45.3 Å². The van der Waals surface area contributed by atoms with Gasteiger partial charge in [0.1, 0.15) is 0 Å². The Morgan fingerprint density at radius 3 is 2.71 bits per heavy atom. The van der Waals surface area contributed by atoms with E-state index in [1.54, 1.807) is 0 Å². The molecule has 21 heavy (non-hydrogen) atoms. The number of carboxylic acids is 1. The molecule has 4 nitrogen and oxygen atoms in total. The normalized spacial score (nSPS) is 26.7. The van der Waals surface area contributed by atoms with E-state index < -0.39 is 17.5 Å². The lowest BCUT2D eigenvalue weighted by Gasteiger charge is -2.27. The second-order valence-electron chi connectivity index (χ2n) is 6.29. The minimum Gasteiger partial charge on any atom is -0.481 e. The SMILES string of the molecule is CC1CCC(CC(O)COCc2ccccc2)(C(=O)O)C1. The maximum atomic E-state index is 11.5. The van der Waals surface area contributed by atoms with E-state index in [4.69, 9.17) is 4.74 Å². The summed E-state index contributed by atoms with van der Waals surface area (Å²) in [6.07, 6.45) is 1.78. The molecule has 2 N–H and O–H groups in total. The summed E-state index contributed by atoms with van der Waals surface area (Å²) in [5.74, 6) is -0.368. The van der Waals surface area contributed by atoms with Crippen molar-refractivity contribution < 1.29 is 19.7 Å². The van der Waals surface area contributed by atoms with Gasteiger partial charge in [-0.3, -0.25) is 4.79 Å². The number of carboxylic acid groups (broad SMARTS) is 1. The van der Waals surface area contributed by atoms with Crippen molar-refractivity contribution in [2.75, 3.05) is 6.61 Å². The molecule has 0 amide bonds. The van der Waals surface area contributed by atoms with Gasteiger partial charge >= 0.3 is 5.97 Å². The predicted octanol–water partition coefficient (Wildman–Crippen LogP) is 2.85. The molecule has 1 fully saturated rings. The zero-order valence-corrected chi connectivity index (χ0v) is 12.5. The summed E-state index contributed by atoms with van der Waals surface area (Å²) in [5, 5.41) is 19.6. The Hall–Kier alpha value is -1.39. The van der Waals surface area contributed by atoms with Gasteiger partial charge in [-0.25, -0.2) is 0 Å². The first-order valence-corrected chi connectivity index (χ1v) is 7.55. The van der Waals surface area contributed by atoms with Crippen molar-refractivity contribution in [3.63, 3.8) is 0 Å². The Bertz CT molecular complexity index is 459. The first-order chi connectivity index (χ1) is 10.0. The van der Waals surface area contributed by atoms with Crippen LogP contribution in [0.15, 0.2) is 30.3 Å². The zero-order chi connectivity index (χ0) is 15.3. The summed E-state index contributed by atoms with van der Waals surface area (Å²) in [6, 6.07) is 9.74. The maximum absolute atomic E-state index is 11.5. The number of carbonyl (C=O) groups is 1. The molecule has 0 heterocycles. The first kappa shape index (κ1) is 16.0. The largest absolute Gasteiger partial charge is 0.481 e. The highest BCUT2D eigenvalue weighted by Crippen LogP contribution is 2.45. The molecule has 1 aliphatic carbocycles. The topological polar surface area (TPSA) is 66.8 Å². The fraction of sp³-hybridized carbons (Fsp3) is 0.588. The number of rotatable bonds is 7. The van der Waals surface area contributed by atoms with Crippen molar-refractivity contribution in [3.8, 4) is 0 Å². The molecule has 2 rings (SSSR count). The zero-order valence-electron chi connectivity index (χ0n) is 12.5. The molecule has 0 saturated heterocycles. The lowest BCUT2D eigenvalue weighted by atomic mass is 9.80. The molecule has 4 heteroatoms. The summed E-state index contributed by atoms with van der Waals surface area (Å²) in [4.78, 5) is 11.5. The number of hydrogen-bond acceptors (Lipinski definition) is 3. The van der Waals surface area contributed by atoms with Crippen molar-refractivity contribution in [2.24, 2.45) is 11.3 Å². The number of ether oxygens (including phenoxy) is 1. The quantitative estimate of drug-likeness (QED) is 0.811. The highest BCUT2D eigenvalue weighted by molar-refractivity contribution is 5.75. The highest BCUT2D eigenvalue weighted by atomic mass is 16.5. The molecule has 0 bridgehead atoms. The van der Waals surface area contributed by atoms with Crippen LogP contribution < -0.4 is 0 Å². The molecule has 0 spiro atoms. The van der Waals surface area contributed by atoms with Crippen LogP contribution in [0.5, 0.6) is 0 Å². The van der Waals surface area contributed by atoms with E-state index >= 15 is 0 Å². The molecule has 0 aromatic heterocycles. The minimum atomic E-state index is -0.783. The fourth-order valence-corrected chi connectivity index (χ4v) is 3.26. The van der Waals surface area contributed by atoms with E-state index in [2.05, 4.69) is 6.92 Å². The van der Waals surface area contributed by atoms with Gasteiger partial charge < -0.3 is 14.9 Å². The van der Waals surface area contributed by atoms with E-state index in [1.807, 2.05) is 30.3 Å². The van der Waals surface area contributed by atoms with Gasteiger partial charge in [-0.15, -0.1) is 0 Å². The van der Waals surface area contributed by atoms with Gasteiger partial charge in [0.2, 0.25) is 0 Å². The molecule has 0 radical (unpaired) electrons. The monoisotopic (exact) mass is 292 g/mol. The van der Waals surface area contributed by atoms with Gasteiger partial charge in [0.05, 0.1) is 24.7 Å². The number of aliphatic hydroxyl groups excluding tert-OH is 1. The number of aliphatic hydroxyl groups is 1. The van der Waals surface area contributed by atoms with Crippen LogP contribution in [0.4, 0.5) is 0 Å². The molecule has 3 unspecified atom stereocenters. The summed E-state index contributed by atoms with van der Waals surface area (Å²) < 4.78 is 5.50. The average molecular weight is 292 g/mol. The van der Waals surface area contributed by atoms with Gasteiger partial charge in [0.15, 0.2) is 0 Å². The molecule has 116 valence electrons. The summed E-state index contributed by atoms with van der Waals surface area (Å²) >= 11 is 0. The number of benzene rings is 1. The standard InChI is InChI=1S/C17H24O4/c1-13-7-8-17(9-13,16(19)20)10-15(18)12-21-11-14-5-3-2-4-6-14/h2-6,13,15,18H,7-12H2,1H3,(H,19,20). The third kappa shape index (κ3) is 4.29. The predicted molar refractivity (Wildman–Crippen MR) is 79.8 cm³/mol. The van der Waals surface area contributed by atoms with Crippen LogP contribution >= 0.6 is 0 Å². The van der Waals surface area contributed by atoms with Gasteiger partial charge in [-0.1, -0.05) is 37.3 Å². The van der Waals surface area contributed by atoms with Crippen molar-refractivity contribution in [1.29, 1.82) is 0 Å². The highest BCUT2D eigenvalue weighted by Gasteiger charge is 2.45. The molecule has 1 aromatic rings. The summed E-state index contributed by atoms with van der Waals surface area (Å²) in [5.41, 5.74) is 0.279. The smallest absolute Gasteiger partial charge is 0.309 e. The Morgan fingerprint density at radius 2 is 2.14 bits per heavy atom. The van der Waals surface area contributed by atoms with Gasteiger partial charge in [-0.2, -0.15) is 0 Å². The van der Waals surface area contributed by atoms with Crippen LogP contribution in [0.25, 0.3) is 0 Å². The van der Waals surface area contributed by atoms with Crippen molar-refractivity contribution in [3.05, 3.63) is 35.9 Å². The lowest BCUT2D eigenvalue weighted by Crippen LogP contribution is -2.34. The van der Waals surface area contributed by atoms with E-state index in [9.17, 15) is 15.0 Å². The average Bonchev–Trinajstić information content (AvgIpc) is 2.82. The second-order valence-corrected chi connectivity index (χ2v) is 6.29. The van der Waals surface area contributed by atoms with E-state index in [0.29, 0.717) is 25.4 Å². The van der Waals surface area contributed by atoms with Gasteiger partial charge in [0, 0.05) is 0 Å². The van der Waals surface area contributed by atoms with Crippen LogP contribution in [-0.4, -0.2) is 28.9 Å². The minimum absolute atomic E-state index is 0.179. The van der Waals surface area contributed by atoms with Crippen molar-refractivity contribution in [1.82, 2.24) is 0 Å². The van der Waals surface area contributed by atoms with Crippen molar-refractivity contribution >= 4 is 5.97 Å². The Labute approximate surface area is 125 Å². The Morgan fingerprint density at radius 1 is 1.43 bits per heavy atom. The molecule has 1 saturated carbocycles. The second kappa shape index (κ2) is 7.05. The van der Waals surface area contributed by atoms with Crippen LogP contribution in [0.3, 0.4) is 0 Å². The third-order valence-corrected chi connectivity index (χ3v) is 4.36. The van der Waals surface area contributed by atoms with E-state index in [0.717, 1.165) is 12.0 Å². The summed E-state index contributed by atoms with van der Waals surface area (Å²) in [6.45, 7) is 2.69. The van der Waals surface area contributed by atoms with Crippen LogP contribution in [-0.2, 0) is 16.1 Å². The third-order valence-electron chi connectivity index (χ3n) is 4.36. The van der Waals surface area contributed by atoms with Gasteiger partial charge in [-0.05, 0) is 37.2 Å². The number of hydrogen-bond donors (Lipinski definition) is 2. The van der Waals surface area contributed by atoms with E-state index in [1.165, 1.54) is 0 Å². The van der Waals surface area contributed by atoms with Crippen LogP contribution in [0.1, 0.15) is 38.2 Å². The molecule has 1 aromatic carbocycles. The number of aliphatic carboxylic acids is 1. The first-order valence-electron chi connectivity index (χ1n) is 7.55. The van der Waals surface area contributed by atoms with Gasteiger partial charge in [0.25, 0.3) is 0 Å². The molecular formula is C17H24O4.